The number of aromatic nitrogens is 2. The fourth-order valence-electron chi connectivity index (χ4n) is 3.06. The second-order valence-electron chi connectivity index (χ2n) is 5.86. The number of aryl methyl sites for hydroxylation is 2. The molecular weight excluding hydrogens is 262 g/mol. The maximum absolute atomic E-state index is 5.34. The van der Waals surface area contributed by atoms with Gasteiger partial charge in [-0.15, -0.1) is 0 Å². The molecule has 0 spiro atoms. The maximum Gasteiger partial charge on any atom is 0.207 e. The summed E-state index contributed by atoms with van der Waals surface area (Å²) in [6.07, 6.45) is 7.21. The monoisotopic (exact) mass is 285 g/mol. The van der Waals surface area contributed by atoms with E-state index in [0.29, 0.717) is 6.04 Å². The molecule has 1 heterocycles. The maximum atomic E-state index is 5.34. The summed E-state index contributed by atoms with van der Waals surface area (Å²) in [5.74, 6) is 1.87. The van der Waals surface area contributed by atoms with Crippen LogP contribution in [-0.4, -0.2) is 22.7 Å². The Morgan fingerprint density at radius 2 is 2.00 bits per heavy atom. The van der Waals surface area contributed by atoms with E-state index in [-0.39, 0.29) is 0 Å². The molecular formula is C17H23N3O. The Labute approximate surface area is 126 Å². The highest BCUT2D eigenvalue weighted by atomic mass is 16.5. The fraction of sp³-hybridized carbons (Fsp3) is 0.471. The van der Waals surface area contributed by atoms with Gasteiger partial charge in [-0.25, -0.2) is 4.98 Å². The van der Waals surface area contributed by atoms with Gasteiger partial charge in [0.25, 0.3) is 0 Å². The van der Waals surface area contributed by atoms with Crippen molar-refractivity contribution in [3.63, 3.8) is 0 Å². The number of rotatable bonds is 4. The first-order valence-corrected chi connectivity index (χ1v) is 7.65. The molecule has 1 aliphatic rings. The normalized spacial score (nSPS) is 15.4. The van der Waals surface area contributed by atoms with Crippen molar-refractivity contribution in [2.75, 3.05) is 12.4 Å². The molecule has 0 unspecified atom stereocenters. The first-order chi connectivity index (χ1) is 10.2. The lowest BCUT2D eigenvalue weighted by Gasteiger charge is -2.15. The minimum Gasteiger partial charge on any atom is -0.496 e. The highest BCUT2D eigenvalue weighted by Crippen LogP contribution is 2.26. The van der Waals surface area contributed by atoms with Crippen molar-refractivity contribution in [1.29, 1.82) is 0 Å². The number of imidazole rings is 1. The van der Waals surface area contributed by atoms with Crippen molar-refractivity contribution >= 4 is 5.95 Å². The van der Waals surface area contributed by atoms with Gasteiger partial charge < -0.3 is 10.1 Å². The predicted molar refractivity (Wildman–Crippen MR) is 85.5 cm³/mol. The zero-order chi connectivity index (χ0) is 14.8. The van der Waals surface area contributed by atoms with E-state index >= 15 is 0 Å². The summed E-state index contributed by atoms with van der Waals surface area (Å²) in [7, 11) is 1.70. The Balaban J connectivity index is 1.92. The highest BCUT2D eigenvalue weighted by Gasteiger charge is 2.18. The van der Waals surface area contributed by atoms with Crippen LogP contribution in [0.2, 0.25) is 0 Å². The zero-order valence-electron chi connectivity index (χ0n) is 13.0. The minimum atomic E-state index is 0.560. The number of methoxy groups -OCH3 is 1. The van der Waals surface area contributed by atoms with Gasteiger partial charge in [0.15, 0.2) is 0 Å². The van der Waals surface area contributed by atoms with Crippen LogP contribution in [-0.2, 0) is 0 Å². The minimum absolute atomic E-state index is 0.560. The van der Waals surface area contributed by atoms with E-state index in [0.717, 1.165) is 28.6 Å². The summed E-state index contributed by atoms with van der Waals surface area (Å²) in [6, 6.07) is 6.79. The lowest BCUT2D eigenvalue weighted by molar-refractivity contribution is 0.411. The first-order valence-electron chi connectivity index (χ1n) is 7.65. The molecule has 1 saturated carbocycles. The van der Waals surface area contributed by atoms with Crippen molar-refractivity contribution < 1.29 is 4.74 Å². The smallest absolute Gasteiger partial charge is 0.207 e. The first kappa shape index (κ1) is 14.0. The molecule has 1 aliphatic carbocycles. The van der Waals surface area contributed by atoms with E-state index in [9.17, 15) is 0 Å². The topological polar surface area (TPSA) is 39.1 Å². The van der Waals surface area contributed by atoms with Crippen molar-refractivity contribution in [3.8, 4) is 11.4 Å². The van der Waals surface area contributed by atoms with Crippen molar-refractivity contribution in [2.45, 2.75) is 45.6 Å². The third-order valence-corrected chi connectivity index (χ3v) is 4.17. The number of hydrogen-bond donors (Lipinski definition) is 1. The van der Waals surface area contributed by atoms with Gasteiger partial charge in [0.1, 0.15) is 5.75 Å². The number of nitrogens with one attached hydrogen (secondary N) is 1. The van der Waals surface area contributed by atoms with Gasteiger partial charge in [-0.05, 0) is 50.5 Å². The Bertz CT molecular complexity index is 627. The summed E-state index contributed by atoms with van der Waals surface area (Å²) in [5, 5.41) is 3.60. The molecule has 0 radical (unpaired) electrons. The quantitative estimate of drug-likeness (QED) is 0.927. The molecule has 21 heavy (non-hydrogen) atoms. The lowest BCUT2D eigenvalue weighted by Crippen LogP contribution is -2.17. The van der Waals surface area contributed by atoms with Gasteiger partial charge in [-0.3, -0.25) is 4.57 Å². The van der Waals surface area contributed by atoms with Gasteiger partial charge in [0.05, 0.1) is 12.8 Å². The molecule has 1 aromatic carbocycles. The number of benzene rings is 1. The molecule has 0 amide bonds. The van der Waals surface area contributed by atoms with Crippen LogP contribution in [0.1, 0.15) is 36.9 Å². The number of hydrogen-bond acceptors (Lipinski definition) is 3. The molecule has 1 aromatic heterocycles. The van der Waals surface area contributed by atoms with Crippen LogP contribution in [0.5, 0.6) is 5.75 Å². The fourth-order valence-corrected chi connectivity index (χ4v) is 3.06. The van der Waals surface area contributed by atoms with Gasteiger partial charge >= 0.3 is 0 Å². The van der Waals surface area contributed by atoms with Crippen LogP contribution in [0.15, 0.2) is 24.4 Å². The van der Waals surface area contributed by atoms with Gasteiger partial charge in [-0.2, -0.15) is 0 Å². The van der Waals surface area contributed by atoms with Crippen molar-refractivity contribution in [2.24, 2.45) is 0 Å². The van der Waals surface area contributed by atoms with E-state index in [1.54, 1.807) is 7.11 Å². The largest absolute Gasteiger partial charge is 0.496 e. The average molecular weight is 285 g/mol. The van der Waals surface area contributed by atoms with Gasteiger partial charge in [0, 0.05) is 17.9 Å². The summed E-state index contributed by atoms with van der Waals surface area (Å²) < 4.78 is 7.48. The Kier molecular flexibility index (Phi) is 3.86. The molecule has 112 valence electrons. The van der Waals surface area contributed by atoms with Crippen molar-refractivity contribution in [3.05, 3.63) is 35.7 Å². The van der Waals surface area contributed by atoms with Crippen LogP contribution < -0.4 is 10.1 Å². The molecule has 4 nitrogen and oxygen atoms in total. The molecule has 1 fully saturated rings. The van der Waals surface area contributed by atoms with Crippen LogP contribution in [0.25, 0.3) is 5.69 Å². The van der Waals surface area contributed by atoms with E-state index < -0.39 is 0 Å². The van der Waals surface area contributed by atoms with E-state index in [1.807, 2.05) is 13.0 Å². The Hall–Kier alpha value is -1.97. The number of ether oxygens (including phenoxy) is 1. The lowest BCUT2D eigenvalue weighted by atomic mass is 10.2. The molecule has 1 N–H and O–H groups in total. The standard InChI is InChI=1S/C17H23N3O/c1-12-10-15(8-9-16(12)21-3)20-11-13(2)18-17(20)19-14-6-4-5-7-14/h8-11,14H,4-7H2,1-3H3,(H,18,19). The average Bonchev–Trinajstić information content (AvgIpc) is 3.09. The molecule has 0 atom stereocenters. The van der Waals surface area contributed by atoms with E-state index in [1.165, 1.54) is 25.7 Å². The molecule has 0 saturated heterocycles. The molecule has 3 rings (SSSR count). The predicted octanol–water partition coefficient (Wildman–Crippen LogP) is 3.85. The second kappa shape index (κ2) is 5.80. The van der Waals surface area contributed by atoms with Crippen LogP contribution in [0.3, 0.4) is 0 Å². The summed E-state index contributed by atoms with van der Waals surface area (Å²) in [5.41, 5.74) is 3.28. The van der Waals surface area contributed by atoms with Gasteiger partial charge in [0.2, 0.25) is 5.95 Å². The summed E-state index contributed by atoms with van der Waals surface area (Å²) in [4.78, 5) is 4.64. The molecule has 2 aromatic rings. The summed E-state index contributed by atoms with van der Waals surface area (Å²) >= 11 is 0. The number of nitrogens with zero attached hydrogens (tertiary/aromatic N) is 2. The van der Waals surface area contributed by atoms with Crippen LogP contribution in [0, 0.1) is 13.8 Å². The van der Waals surface area contributed by atoms with Gasteiger partial charge in [-0.1, -0.05) is 12.8 Å². The molecule has 0 bridgehead atoms. The summed E-state index contributed by atoms with van der Waals surface area (Å²) in [6.45, 7) is 4.10. The van der Waals surface area contributed by atoms with E-state index in [2.05, 4.69) is 40.1 Å². The Morgan fingerprint density at radius 1 is 1.24 bits per heavy atom. The van der Waals surface area contributed by atoms with Crippen molar-refractivity contribution in [1.82, 2.24) is 9.55 Å². The third-order valence-electron chi connectivity index (χ3n) is 4.17. The van der Waals surface area contributed by atoms with Crippen LogP contribution in [0.4, 0.5) is 5.95 Å². The SMILES string of the molecule is COc1ccc(-n2cc(C)nc2NC2CCCC2)cc1C. The highest BCUT2D eigenvalue weighted by molar-refractivity contribution is 5.49. The second-order valence-corrected chi connectivity index (χ2v) is 5.86. The van der Waals surface area contributed by atoms with Crippen LogP contribution >= 0.6 is 0 Å². The zero-order valence-corrected chi connectivity index (χ0v) is 13.0. The van der Waals surface area contributed by atoms with E-state index in [4.69, 9.17) is 4.74 Å². The molecule has 0 aliphatic heterocycles. The molecule has 4 heteroatoms. The number of anilines is 1. The Morgan fingerprint density at radius 3 is 2.67 bits per heavy atom. The third kappa shape index (κ3) is 2.89.